The molecule has 0 saturated carbocycles. The van der Waals surface area contributed by atoms with Crippen LogP contribution in [0, 0.1) is 0 Å². The van der Waals surface area contributed by atoms with Crippen molar-refractivity contribution in [2.45, 2.75) is 38.8 Å². The maximum absolute atomic E-state index is 10.7. The van der Waals surface area contributed by atoms with Gasteiger partial charge < -0.3 is 15.5 Å². The smallest absolute Gasteiger partial charge is 0.217 e. The normalized spacial score (nSPS) is 15.4. The van der Waals surface area contributed by atoms with E-state index in [-0.39, 0.29) is 12.5 Å². The van der Waals surface area contributed by atoms with Crippen LogP contribution in [0.1, 0.15) is 26.7 Å². The number of unbranched alkanes of at least 4 members (excludes halogenated alkanes) is 1. The summed E-state index contributed by atoms with van der Waals surface area (Å²) in [6.07, 6.45) is 4.51. The first-order chi connectivity index (χ1) is 6.61. The number of aliphatic hydroxyl groups is 2. The van der Waals surface area contributed by atoms with Crippen LogP contribution in [0.5, 0.6) is 0 Å². The fourth-order valence-electron chi connectivity index (χ4n) is 1.04. The minimum atomic E-state index is -0.824. The zero-order valence-electron chi connectivity index (χ0n) is 8.73. The minimum absolute atomic E-state index is 0.257. The van der Waals surface area contributed by atoms with Gasteiger partial charge in [0, 0.05) is 6.92 Å². The van der Waals surface area contributed by atoms with Gasteiger partial charge in [0.25, 0.3) is 0 Å². The predicted molar refractivity (Wildman–Crippen MR) is 54.7 cm³/mol. The number of allylic oxidation sites excluding steroid dienone is 1. The van der Waals surface area contributed by atoms with E-state index in [4.69, 9.17) is 5.11 Å². The Balaban J connectivity index is 4.02. The predicted octanol–water partition coefficient (Wildman–Crippen LogP) is 0.201. The van der Waals surface area contributed by atoms with E-state index >= 15 is 0 Å². The number of rotatable bonds is 6. The Labute approximate surface area is 84.6 Å². The van der Waals surface area contributed by atoms with Crippen LogP contribution in [0.2, 0.25) is 0 Å². The Morgan fingerprint density at radius 1 is 1.57 bits per heavy atom. The molecule has 0 aromatic heterocycles. The third kappa shape index (κ3) is 5.72. The first-order valence-electron chi connectivity index (χ1n) is 4.84. The second kappa shape index (κ2) is 7.53. The summed E-state index contributed by atoms with van der Waals surface area (Å²) in [4.78, 5) is 10.7. The molecular weight excluding hydrogens is 182 g/mol. The number of amides is 1. The molecule has 0 aliphatic rings. The summed E-state index contributed by atoms with van der Waals surface area (Å²) in [7, 11) is 0. The number of hydrogen-bond donors (Lipinski definition) is 3. The topological polar surface area (TPSA) is 69.6 Å². The van der Waals surface area contributed by atoms with Crippen LogP contribution >= 0.6 is 0 Å². The van der Waals surface area contributed by atoms with Crippen LogP contribution in [-0.4, -0.2) is 34.9 Å². The molecule has 0 radical (unpaired) electrons. The van der Waals surface area contributed by atoms with Crippen molar-refractivity contribution in [1.82, 2.24) is 5.32 Å². The molecule has 0 unspecified atom stereocenters. The van der Waals surface area contributed by atoms with E-state index in [1.165, 1.54) is 6.92 Å². The van der Waals surface area contributed by atoms with Crippen molar-refractivity contribution in [3.8, 4) is 0 Å². The first-order valence-corrected chi connectivity index (χ1v) is 4.84. The Morgan fingerprint density at radius 3 is 2.64 bits per heavy atom. The van der Waals surface area contributed by atoms with Crippen LogP contribution in [0.4, 0.5) is 0 Å². The standard InChI is InChI=1S/C10H19NO3/c1-3-4-5-6-10(14)9(7-12)11-8(2)13/h5-6,9-10,12,14H,3-4,7H2,1-2H3,(H,11,13)/b6-5+/t9-,10+/m0/s1. The lowest BCUT2D eigenvalue weighted by Crippen LogP contribution is -2.44. The van der Waals surface area contributed by atoms with E-state index in [0.29, 0.717) is 0 Å². The van der Waals surface area contributed by atoms with Gasteiger partial charge in [0.05, 0.1) is 18.8 Å². The molecule has 14 heavy (non-hydrogen) atoms. The van der Waals surface area contributed by atoms with Crippen LogP contribution < -0.4 is 5.32 Å². The van der Waals surface area contributed by atoms with Crippen LogP contribution in [0.15, 0.2) is 12.2 Å². The molecule has 82 valence electrons. The van der Waals surface area contributed by atoms with Gasteiger partial charge in [-0.25, -0.2) is 0 Å². The van der Waals surface area contributed by atoms with Crippen LogP contribution in [0.25, 0.3) is 0 Å². The van der Waals surface area contributed by atoms with Crippen LogP contribution in [-0.2, 0) is 4.79 Å². The molecule has 0 spiro atoms. The van der Waals surface area contributed by atoms with Crippen molar-refractivity contribution in [2.75, 3.05) is 6.61 Å². The van der Waals surface area contributed by atoms with Crippen molar-refractivity contribution in [3.63, 3.8) is 0 Å². The molecule has 0 aromatic carbocycles. The third-order valence-electron chi connectivity index (χ3n) is 1.79. The molecule has 2 atom stereocenters. The van der Waals surface area contributed by atoms with Crippen molar-refractivity contribution in [2.24, 2.45) is 0 Å². The maximum Gasteiger partial charge on any atom is 0.217 e. The summed E-state index contributed by atoms with van der Waals surface area (Å²) in [6.45, 7) is 3.12. The zero-order valence-corrected chi connectivity index (χ0v) is 8.73. The second-order valence-electron chi connectivity index (χ2n) is 3.20. The van der Waals surface area contributed by atoms with Crippen molar-refractivity contribution >= 4 is 5.91 Å². The van der Waals surface area contributed by atoms with E-state index in [0.717, 1.165) is 12.8 Å². The number of nitrogens with one attached hydrogen (secondary N) is 1. The number of carbonyl (C=O) groups excluding carboxylic acids is 1. The highest BCUT2D eigenvalue weighted by atomic mass is 16.3. The lowest BCUT2D eigenvalue weighted by atomic mass is 10.1. The van der Waals surface area contributed by atoms with Crippen LogP contribution in [0.3, 0.4) is 0 Å². The maximum atomic E-state index is 10.7. The van der Waals surface area contributed by atoms with Gasteiger partial charge in [-0.2, -0.15) is 0 Å². The Bertz CT molecular complexity index is 192. The Kier molecular flexibility index (Phi) is 7.06. The molecule has 1 amide bonds. The molecule has 0 heterocycles. The van der Waals surface area contributed by atoms with Gasteiger partial charge in [-0.1, -0.05) is 25.5 Å². The Morgan fingerprint density at radius 2 is 2.21 bits per heavy atom. The van der Waals surface area contributed by atoms with Gasteiger partial charge >= 0.3 is 0 Å². The average molecular weight is 201 g/mol. The van der Waals surface area contributed by atoms with E-state index in [1.54, 1.807) is 6.08 Å². The van der Waals surface area contributed by atoms with Crippen molar-refractivity contribution < 1.29 is 15.0 Å². The van der Waals surface area contributed by atoms with E-state index < -0.39 is 12.1 Å². The highest BCUT2D eigenvalue weighted by molar-refractivity contribution is 5.73. The highest BCUT2D eigenvalue weighted by Gasteiger charge is 2.15. The quantitative estimate of drug-likeness (QED) is 0.538. The molecule has 0 fully saturated rings. The van der Waals surface area contributed by atoms with Gasteiger partial charge in [-0.3, -0.25) is 4.79 Å². The highest BCUT2D eigenvalue weighted by Crippen LogP contribution is 1.98. The summed E-state index contributed by atoms with van der Waals surface area (Å²) >= 11 is 0. The lowest BCUT2D eigenvalue weighted by molar-refractivity contribution is -0.120. The summed E-state index contributed by atoms with van der Waals surface area (Å²) in [5, 5.41) is 20.9. The van der Waals surface area contributed by atoms with Gasteiger partial charge in [0.15, 0.2) is 0 Å². The molecule has 4 nitrogen and oxygen atoms in total. The van der Waals surface area contributed by atoms with Gasteiger partial charge in [0.1, 0.15) is 0 Å². The monoisotopic (exact) mass is 201 g/mol. The van der Waals surface area contributed by atoms with Crippen molar-refractivity contribution in [1.29, 1.82) is 0 Å². The van der Waals surface area contributed by atoms with Gasteiger partial charge in [-0.05, 0) is 6.42 Å². The molecule has 0 aliphatic carbocycles. The minimum Gasteiger partial charge on any atom is -0.394 e. The number of hydrogen-bond acceptors (Lipinski definition) is 3. The summed E-state index contributed by atoms with van der Waals surface area (Å²) in [6, 6.07) is -0.611. The van der Waals surface area contributed by atoms with Gasteiger partial charge in [-0.15, -0.1) is 0 Å². The fourth-order valence-corrected chi connectivity index (χ4v) is 1.04. The molecule has 0 aliphatic heterocycles. The molecule has 4 heteroatoms. The van der Waals surface area contributed by atoms with Crippen molar-refractivity contribution in [3.05, 3.63) is 12.2 Å². The lowest BCUT2D eigenvalue weighted by Gasteiger charge is -2.18. The molecule has 0 saturated heterocycles. The summed E-state index contributed by atoms with van der Waals surface area (Å²) in [5.41, 5.74) is 0. The summed E-state index contributed by atoms with van der Waals surface area (Å²) < 4.78 is 0. The van der Waals surface area contributed by atoms with E-state index in [1.807, 2.05) is 13.0 Å². The number of carbonyl (C=O) groups is 1. The second-order valence-corrected chi connectivity index (χ2v) is 3.20. The molecule has 0 bridgehead atoms. The molecule has 3 N–H and O–H groups in total. The van der Waals surface area contributed by atoms with Gasteiger partial charge in [0.2, 0.25) is 5.91 Å². The molecule has 0 aromatic rings. The molecule has 0 rings (SSSR count). The summed E-state index contributed by atoms with van der Waals surface area (Å²) in [5.74, 6) is -0.257. The first kappa shape index (κ1) is 13.1. The average Bonchev–Trinajstić information content (AvgIpc) is 2.14. The Hall–Kier alpha value is -0.870. The number of aliphatic hydroxyl groups excluding tert-OH is 2. The largest absolute Gasteiger partial charge is 0.394 e. The van der Waals surface area contributed by atoms with E-state index in [9.17, 15) is 9.90 Å². The SMILES string of the molecule is CCC/C=C/[C@@H](O)[C@H](CO)NC(C)=O. The third-order valence-corrected chi connectivity index (χ3v) is 1.79. The zero-order chi connectivity index (χ0) is 11.0. The molecular formula is C10H19NO3. The fraction of sp³-hybridized carbons (Fsp3) is 0.700. The van der Waals surface area contributed by atoms with E-state index in [2.05, 4.69) is 5.32 Å².